The molecule has 0 fully saturated rings. The van der Waals surface area contributed by atoms with Gasteiger partial charge in [-0.25, -0.2) is 0 Å². The second kappa shape index (κ2) is 21.9. The van der Waals surface area contributed by atoms with Gasteiger partial charge in [-0.1, -0.05) is 232 Å². The topological polar surface area (TPSA) is 19.6 Å². The zero-order valence-corrected chi connectivity index (χ0v) is 57.2. The molecule has 1 unspecified atom stereocenters. The van der Waals surface area contributed by atoms with Crippen LogP contribution in [0.2, 0.25) is 19.6 Å². The van der Waals surface area contributed by atoms with E-state index in [2.05, 4.69) is 336 Å². The number of furan rings is 1. The number of hydrogen-bond acceptors (Lipinski definition) is 5. The summed E-state index contributed by atoms with van der Waals surface area (Å²) in [5.74, 6) is 0. The highest BCUT2D eigenvalue weighted by atomic mass is 32.2. The lowest BCUT2D eigenvalue weighted by Crippen LogP contribution is -2.38. The zero-order chi connectivity index (χ0) is 62.8. The van der Waals surface area contributed by atoms with Crippen molar-refractivity contribution in [2.75, 3.05) is 9.80 Å². The fourth-order valence-electron chi connectivity index (χ4n) is 13.9. The van der Waals surface area contributed by atoms with Crippen LogP contribution >= 0.6 is 23.1 Å². The van der Waals surface area contributed by atoms with Crippen molar-refractivity contribution in [3.63, 3.8) is 0 Å². The van der Waals surface area contributed by atoms with E-state index >= 15 is 0 Å². The van der Waals surface area contributed by atoms with Crippen molar-refractivity contribution in [2.45, 2.75) is 127 Å². The molecule has 448 valence electrons. The molecule has 0 aliphatic heterocycles. The van der Waals surface area contributed by atoms with Gasteiger partial charge in [0.05, 0.1) is 24.9 Å². The first-order valence-electron chi connectivity index (χ1n) is 31.9. The molecule has 1 aliphatic rings. The minimum Gasteiger partial charge on any atom is -0.454 e. The molecule has 0 saturated carbocycles. The molecule has 1 aliphatic carbocycles. The summed E-state index contributed by atoms with van der Waals surface area (Å²) in [7, 11) is -1.78. The summed E-state index contributed by atoms with van der Waals surface area (Å²) in [6.07, 6.45) is 0. The van der Waals surface area contributed by atoms with Crippen molar-refractivity contribution >= 4 is 113 Å². The number of thiophene rings is 1. The summed E-state index contributed by atoms with van der Waals surface area (Å²) in [6, 6.07) is 88.5. The van der Waals surface area contributed by atoms with Gasteiger partial charge in [0.25, 0.3) is 0 Å². The van der Waals surface area contributed by atoms with E-state index in [1.54, 1.807) is 0 Å². The van der Waals surface area contributed by atoms with Crippen LogP contribution in [-0.2, 0) is 21.7 Å². The van der Waals surface area contributed by atoms with Crippen LogP contribution in [0.1, 0.15) is 112 Å². The first-order chi connectivity index (χ1) is 42.9. The van der Waals surface area contributed by atoms with Crippen molar-refractivity contribution in [1.82, 2.24) is 0 Å². The number of hydrogen-bond donors (Lipinski definition) is 0. The largest absolute Gasteiger partial charge is 0.454 e. The van der Waals surface area contributed by atoms with E-state index in [9.17, 15) is 0 Å². The Hall–Kier alpha value is -8.39. The molecule has 2 heterocycles. The van der Waals surface area contributed by atoms with Gasteiger partial charge in [-0.3, -0.25) is 0 Å². The van der Waals surface area contributed by atoms with Crippen LogP contribution < -0.4 is 15.0 Å². The van der Waals surface area contributed by atoms with E-state index in [1.165, 1.54) is 96.3 Å². The molecule has 11 aromatic carbocycles. The molecule has 0 amide bonds. The Morgan fingerprint density at radius 2 is 0.878 bits per heavy atom. The predicted molar refractivity (Wildman–Crippen MR) is 392 cm³/mol. The number of benzene rings is 11. The fourth-order valence-corrected chi connectivity index (χ4v) is 17.2. The summed E-state index contributed by atoms with van der Waals surface area (Å²) in [4.78, 5) is 7.44. The van der Waals surface area contributed by atoms with Crippen molar-refractivity contribution in [1.29, 1.82) is 0 Å². The van der Waals surface area contributed by atoms with E-state index in [4.69, 9.17) is 4.42 Å². The van der Waals surface area contributed by atoms with Crippen LogP contribution in [0.5, 0.6) is 0 Å². The SMILES string of the molecule is Cc1cccc(N(c2ccc(C(C)(C)C)cc2)c2cc3c(c4c2oc2ccccc24)-c2c(cc(N(c4ccc(C(C)(C)C)cc4)c4cccc(C)c4)c4c2sc2ccccc24)C3(c2ccc(Sc3ccc(C(C)(C)C)cc3)cc2)c2ccc([Si](C)(C)C)cc2)c1. The van der Waals surface area contributed by atoms with Crippen molar-refractivity contribution < 1.29 is 4.42 Å². The highest BCUT2D eigenvalue weighted by Gasteiger charge is 2.50. The Kier molecular flexibility index (Phi) is 14.4. The Labute approximate surface area is 542 Å². The van der Waals surface area contributed by atoms with Crippen LogP contribution in [0.3, 0.4) is 0 Å². The molecule has 3 nitrogen and oxygen atoms in total. The first kappa shape index (κ1) is 59.2. The smallest absolute Gasteiger partial charge is 0.160 e. The molecule has 14 rings (SSSR count). The number of aryl methyl sites for hydroxylation is 2. The van der Waals surface area contributed by atoms with Gasteiger partial charge in [0.1, 0.15) is 5.58 Å². The average molecular weight is 1230 g/mol. The van der Waals surface area contributed by atoms with Gasteiger partial charge in [-0.2, -0.15) is 0 Å². The van der Waals surface area contributed by atoms with Crippen LogP contribution in [0, 0.1) is 13.8 Å². The van der Waals surface area contributed by atoms with Crippen molar-refractivity contribution in [3.05, 3.63) is 281 Å². The quantitative estimate of drug-likeness (QED) is 0.120. The summed E-state index contributed by atoms with van der Waals surface area (Å²) in [5.41, 5.74) is 21.0. The zero-order valence-electron chi connectivity index (χ0n) is 54.6. The van der Waals surface area contributed by atoms with Crippen LogP contribution in [-0.4, -0.2) is 8.07 Å². The number of rotatable bonds is 11. The molecule has 1 atom stereocenters. The maximum absolute atomic E-state index is 7.54. The lowest BCUT2D eigenvalue weighted by atomic mass is 9.67. The predicted octanol–water partition coefficient (Wildman–Crippen LogP) is 24.5. The van der Waals surface area contributed by atoms with Crippen LogP contribution in [0.25, 0.3) is 53.2 Å². The molecule has 90 heavy (non-hydrogen) atoms. The third-order valence-electron chi connectivity index (χ3n) is 18.7. The summed E-state index contributed by atoms with van der Waals surface area (Å²) >= 11 is 3.75. The number of nitrogens with zero attached hydrogens (tertiary/aromatic N) is 2. The average Bonchev–Trinajstić information content (AvgIpc) is 1.50. The van der Waals surface area contributed by atoms with E-state index in [-0.39, 0.29) is 16.2 Å². The molecule has 0 spiro atoms. The second-order valence-corrected chi connectivity index (χ2v) is 36.4. The van der Waals surface area contributed by atoms with E-state index in [1.807, 2.05) is 23.1 Å². The minimum absolute atomic E-state index is 0.0231. The maximum Gasteiger partial charge on any atom is 0.160 e. The fraction of sp³-hybridized carbons (Fsp3) is 0.214. The lowest BCUT2D eigenvalue weighted by molar-refractivity contribution is 0.589. The molecule has 0 bridgehead atoms. The van der Waals surface area contributed by atoms with Gasteiger partial charge < -0.3 is 14.2 Å². The standard InChI is InChI=1S/C84H80N2OS2Si/c1-53-21-19-23-62(49-53)85(60-39-29-55(30-40-60)81(3,4)5)71-51-70-78(80-75(71)68-26-16-18-28-74(68)89-80)77-69(84(70,59-37-47-66(48-38-59)90(12,13)14)58-35-45-65(46-36-58)88-64-43-33-57(34-44-64)83(9,10)11)52-72(79-76(77)67-25-15-17-27-73(67)87-79)86(63-24-20-22-54(2)50-63)61-41-31-56(32-42-61)82(6,7)8/h15-52H,1-14H3. The van der Waals surface area contributed by atoms with Gasteiger partial charge in [-0.05, 0) is 177 Å². The maximum atomic E-state index is 7.54. The first-order valence-corrected chi connectivity index (χ1v) is 37.0. The van der Waals surface area contributed by atoms with Gasteiger partial charge in [0.15, 0.2) is 5.58 Å². The van der Waals surface area contributed by atoms with E-state index in [0.717, 1.165) is 56.1 Å². The molecule has 0 saturated heterocycles. The highest BCUT2D eigenvalue weighted by molar-refractivity contribution is 7.99. The van der Waals surface area contributed by atoms with E-state index < -0.39 is 13.5 Å². The summed E-state index contributed by atoms with van der Waals surface area (Å²) < 4.78 is 10.0. The Morgan fingerprint density at radius 1 is 0.422 bits per heavy atom. The number of fused-ring (bicyclic) bond motifs is 11. The summed E-state index contributed by atoms with van der Waals surface area (Å²) in [5, 5.41) is 6.12. The van der Waals surface area contributed by atoms with Gasteiger partial charge in [0, 0.05) is 74.6 Å². The molecule has 2 aromatic heterocycles. The monoisotopic (exact) mass is 1220 g/mol. The van der Waals surface area contributed by atoms with E-state index in [0.29, 0.717) is 0 Å². The molecule has 13 aromatic rings. The molecule has 6 heteroatoms. The highest BCUT2D eigenvalue weighted by Crippen LogP contribution is 2.65. The number of anilines is 6. The van der Waals surface area contributed by atoms with Crippen LogP contribution in [0.4, 0.5) is 34.1 Å². The van der Waals surface area contributed by atoms with Gasteiger partial charge >= 0.3 is 0 Å². The van der Waals surface area contributed by atoms with Gasteiger partial charge in [-0.15, -0.1) is 11.3 Å². The lowest BCUT2D eigenvalue weighted by Gasteiger charge is -2.36. The Morgan fingerprint density at radius 3 is 1.40 bits per heavy atom. The van der Waals surface area contributed by atoms with Gasteiger partial charge in [0.2, 0.25) is 0 Å². The van der Waals surface area contributed by atoms with Crippen LogP contribution in [0.15, 0.2) is 245 Å². The molecular formula is C84H80N2OS2Si. The third-order valence-corrected chi connectivity index (χ3v) is 23.0. The minimum atomic E-state index is -1.78. The van der Waals surface area contributed by atoms with Crippen molar-refractivity contribution in [2.24, 2.45) is 0 Å². The summed E-state index contributed by atoms with van der Waals surface area (Å²) in [6.45, 7) is 32.5. The molecule has 0 radical (unpaired) electrons. The Bertz CT molecular complexity index is 4890. The molecular weight excluding hydrogens is 1150 g/mol. The molecule has 0 N–H and O–H groups in total. The second-order valence-electron chi connectivity index (χ2n) is 29.2. The Balaban J connectivity index is 1.17. The number of para-hydroxylation sites is 1. The third kappa shape index (κ3) is 10.2. The normalized spacial score (nSPS) is 14.4. The van der Waals surface area contributed by atoms with Crippen molar-refractivity contribution in [3.8, 4) is 11.1 Å².